The van der Waals surface area contributed by atoms with Gasteiger partial charge in [-0.15, -0.1) is 0 Å². The first-order valence-electron chi connectivity index (χ1n) is 8.23. The Hall–Kier alpha value is -2.08. The minimum atomic E-state index is 0.476. The highest BCUT2D eigenvalue weighted by molar-refractivity contribution is 5.50. The van der Waals surface area contributed by atoms with Crippen LogP contribution in [0.15, 0.2) is 61.7 Å². The van der Waals surface area contributed by atoms with Crippen LogP contribution in [0.5, 0.6) is 0 Å². The topological polar surface area (TPSA) is 0 Å². The molecule has 0 aliphatic carbocycles. The molecule has 0 atom stereocenters. The van der Waals surface area contributed by atoms with E-state index in [2.05, 4.69) is 68.6 Å². The molecular weight excluding hydrogens is 264 g/mol. The van der Waals surface area contributed by atoms with Gasteiger partial charge in [-0.05, 0) is 28.7 Å². The van der Waals surface area contributed by atoms with Crippen molar-refractivity contribution in [3.05, 3.63) is 83.9 Å². The van der Waals surface area contributed by atoms with Crippen LogP contribution in [0, 0.1) is 0 Å². The molecule has 22 heavy (non-hydrogen) atoms. The minimum absolute atomic E-state index is 0.476. The third kappa shape index (κ3) is 4.21. The average Bonchev–Trinajstić information content (AvgIpc) is 2.59. The van der Waals surface area contributed by atoms with Crippen LogP contribution in [0.2, 0.25) is 0 Å². The fourth-order valence-electron chi connectivity index (χ4n) is 2.85. The summed E-state index contributed by atoms with van der Waals surface area (Å²) in [6, 6.07) is 17.6. The van der Waals surface area contributed by atoms with Crippen LogP contribution in [0.4, 0.5) is 0 Å². The maximum absolute atomic E-state index is 3.83. The Morgan fingerprint density at radius 3 is 1.59 bits per heavy atom. The first-order valence-corrected chi connectivity index (χ1v) is 8.23. The second kappa shape index (κ2) is 8.38. The molecular formula is C22H26. The van der Waals surface area contributed by atoms with Crippen LogP contribution >= 0.6 is 0 Å². The largest absolute Gasteiger partial charge is 0.0985 e. The second-order valence-corrected chi connectivity index (χ2v) is 5.79. The smallest absolute Gasteiger partial charge is 0.00893 e. The van der Waals surface area contributed by atoms with Gasteiger partial charge in [-0.1, -0.05) is 100 Å². The van der Waals surface area contributed by atoms with Gasteiger partial charge in [-0.25, -0.2) is 0 Å². The lowest BCUT2D eigenvalue weighted by Crippen LogP contribution is -2.01. The summed E-state index contributed by atoms with van der Waals surface area (Å²) >= 11 is 0. The van der Waals surface area contributed by atoms with E-state index in [0.29, 0.717) is 5.92 Å². The van der Waals surface area contributed by atoms with Crippen molar-refractivity contribution < 1.29 is 0 Å². The summed E-state index contributed by atoms with van der Waals surface area (Å²) in [4.78, 5) is 0. The fraction of sp³-hybridized carbons (Fsp3) is 0.273. The molecule has 0 saturated carbocycles. The molecule has 0 unspecified atom stereocenters. The molecule has 2 aromatic carbocycles. The van der Waals surface area contributed by atoms with E-state index < -0.39 is 0 Å². The van der Waals surface area contributed by atoms with Crippen molar-refractivity contribution in [3.8, 4) is 0 Å². The predicted octanol–water partition coefficient (Wildman–Crippen LogP) is 6.68. The minimum Gasteiger partial charge on any atom is -0.0985 e. The molecule has 0 radical (unpaired) electrons. The van der Waals surface area contributed by atoms with Crippen LogP contribution in [0.1, 0.15) is 60.8 Å². The molecule has 0 nitrogen and oxygen atoms in total. The number of rotatable bonds is 8. The quantitative estimate of drug-likeness (QED) is 0.475. The lowest BCUT2D eigenvalue weighted by molar-refractivity contribution is 0.618. The van der Waals surface area contributed by atoms with E-state index in [9.17, 15) is 0 Å². The van der Waals surface area contributed by atoms with Gasteiger partial charge >= 0.3 is 0 Å². The highest BCUT2D eigenvalue weighted by Crippen LogP contribution is 2.30. The molecule has 0 aromatic heterocycles. The number of hydrogen-bond donors (Lipinski definition) is 0. The van der Waals surface area contributed by atoms with Gasteiger partial charge in [0.15, 0.2) is 0 Å². The fourth-order valence-corrected chi connectivity index (χ4v) is 2.85. The van der Waals surface area contributed by atoms with Crippen molar-refractivity contribution in [2.45, 2.75) is 38.5 Å². The molecule has 0 bridgehead atoms. The van der Waals surface area contributed by atoms with E-state index in [-0.39, 0.29) is 0 Å². The summed E-state index contributed by atoms with van der Waals surface area (Å²) in [6.07, 6.45) is 8.83. The van der Waals surface area contributed by atoms with E-state index in [0.717, 1.165) is 0 Å². The van der Waals surface area contributed by atoms with Crippen molar-refractivity contribution >= 4 is 12.2 Å². The molecule has 2 rings (SSSR count). The maximum Gasteiger partial charge on any atom is 0.00893 e. The lowest BCUT2D eigenvalue weighted by atomic mass is 9.86. The molecule has 0 aliphatic heterocycles. The van der Waals surface area contributed by atoms with Gasteiger partial charge in [0.05, 0.1) is 0 Å². The zero-order chi connectivity index (χ0) is 15.8. The van der Waals surface area contributed by atoms with E-state index in [1.807, 2.05) is 12.2 Å². The standard InChI is InChI=1S/C22H26/c1-4-7-8-9-22(20-14-10-18(5-2)11-15-20)21-16-12-19(6-3)13-17-21/h5-6,10-17,22H,2-4,7-9H2,1H3. The molecule has 0 spiro atoms. The van der Waals surface area contributed by atoms with Gasteiger partial charge < -0.3 is 0 Å². The van der Waals surface area contributed by atoms with Crippen molar-refractivity contribution in [1.29, 1.82) is 0 Å². The Bertz CT molecular complexity index is 535. The van der Waals surface area contributed by atoms with Gasteiger partial charge in [0.1, 0.15) is 0 Å². The highest BCUT2D eigenvalue weighted by atomic mass is 14.2. The molecule has 0 heterocycles. The van der Waals surface area contributed by atoms with E-state index in [1.165, 1.54) is 47.9 Å². The number of hydrogen-bond acceptors (Lipinski definition) is 0. The molecule has 2 aromatic rings. The van der Waals surface area contributed by atoms with Crippen LogP contribution in [0.25, 0.3) is 12.2 Å². The molecule has 0 saturated heterocycles. The summed E-state index contributed by atoms with van der Waals surface area (Å²) < 4.78 is 0. The van der Waals surface area contributed by atoms with E-state index in [1.54, 1.807) is 0 Å². The Balaban J connectivity index is 2.26. The Labute approximate surface area is 135 Å². The summed E-state index contributed by atoms with van der Waals surface area (Å²) in [6.45, 7) is 9.92. The van der Waals surface area contributed by atoms with Gasteiger partial charge in [-0.3, -0.25) is 0 Å². The summed E-state index contributed by atoms with van der Waals surface area (Å²) in [5.41, 5.74) is 5.15. The van der Waals surface area contributed by atoms with Crippen molar-refractivity contribution in [2.75, 3.05) is 0 Å². The zero-order valence-corrected chi connectivity index (χ0v) is 13.6. The Morgan fingerprint density at radius 2 is 1.23 bits per heavy atom. The van der Waals surface area contributed by atoms with Gasteiger partial charge in [-0.2, -0.15) is 0 Å². The molecule has 0 aliphatic rings. The highest BCUT2D eigenvalue weighted by Gasteiger charge is 2.13. The molecule has 0 N–H and O–H groups in total. The normalized spacial score (nSPS) is 10.6. The van der Waals surface area contributed by atoms with Gasteiger partial charge in [0, 0.05) is 5.92 Å². The Kier molecular flexibility index (Phi) is 6.21. The van der Waals surface area contributed by atoms with Crippen LogP contribution in [-0.2, 0) is 0 Å². The van der Waals surface area contributed by atoms with E-state index >= 15 is 0 Å². The van der Waals surface area contributed by atoms with Gasteiger partial charge in [0.25, 0.3) is 0 Å². The summed E-state index contributed by atoms with van der Waals surface area (Å²) in [7, 11) is 0. The predicted molar refractivity (Wildman–Crippen MR) is 99.1 cm³/mol. The zero-order valence-electron chi connectivity index (χ0n) is 13.6. The van der Waals surface area contributed by atoms with Crippen LogP contribution in [0.3, 0.4) is 0 Å². The third-order valence-electron chi connectivity index (χ3n) is 4.25. The monoisotopic (exact) mass is 290 g/mol. The van der Waals surface area contributed by atoms with Gasteiger partial charge in [0.2, 0.25) is 0 Å². The van der Waals surface area contributed by atoms with Crippen molar-refractivity contribution in [3.63, 3.8) is 0 Å². The Morgan fingerprint density at radius 1 is 0.773 bits per heavy atom. The summed E-state index contributed by atoms with van der Waals surface area (Å²) in [5.74, 6) is 0.476. The molecule has 0 heteroatoms. The molecule has 114 valence electrons. The van der Waals surface area contributed by atoms with E-state index in [4.69, 9.17) is 0 Å². The van der Waals surface area contributed by atoms with Crippen molar-refractivity contribution in [1.82, 2.24) is 0 Å². The summed E-state index contributed by atoms with van der Waals surface area (Å²) in [5, 5.41) is 0. The first-order chi connectivity index (χ1) is 10.8. The first kappa shape index (κ1) is 16.3. The molecule has 0 fully saturated rings. The van der Waals surface area contributed by atoms with Crippen LogP contribution < -0.4 is 0 Å². The molecule has 0 amide bonds. The maximum atomic E-state index is 3.83. The lowest BCUT2D eigenvalue weighted by Gasteiger charge is -2.18. The second-order valence-electron chi connectivity index (χ2n) is 5.79. The average molecular weight is 290 g/mol. The van der Waals surface area contributed by atoms with Crippen molar-refractivity contribution in [2.24, 2.45) is 0 Å². The van der Waals surface area contributed by atoms with Crippen LogP contribution in [-0.4, -0.2) is 0 Å². The third-order valence-corrected chi connectivity index (χ3v) is 4.25. The number of benzene rings is 2. The number of unbranched alkanes of at least 4 members (excludes halogenated alkanes) is 2. The SMILES string of the molecule is C=Cc1ccc(C(CCCCC)c2ccc(C=C)cc2)cc1.